The molecule has 1 saturated carbocycles. The number of carbonyl (C=O) groups is 3. The fraction of sp³-hybridized carbons (Fsp3) is 0.700. The van der Waals surface area contributed by atoms with E-state index < -0.39 is 4.75 Å². The number of imide groups is 1. The number of hydrogen-bond acceptors (Lipinski definition) is 4. The van der Waals surface area contributed by atoms with Gasteiger partial charge in [-0.2, -0.15) is 0 Å². The molecule has 2 aliphatic rings. The third kappa shape index (κ3) is 1.40. The van der Waals surface area contributed by atoms with Crippen molar-refractivity contribution < 1.29 is 14.4 Å². The van der Waals surface area contributed by atoms with Crippen molar-refractivity contribution >= 4 is 28.7 Å². The highest BCUT2D eigenvalue weighted by Crippen LogP contribution is 2.52. The zero-order valence-corrected chi connectivity index (χ0v) is 9.52. The molecule has 0 radical (unpaired) electrons. The van der Waals surface area contributed by atoms with Gasteiger partial charge in [0, 0.05) is 6.92 Å². The molecule has 4 nitrogen and oxygen atoms in total. The van der Waals surface area contributed by atoms with E-state index in [4.69, 9.17) is 0 Å². The van der Waals surface area contributed by atoms with Crippen LogP contribution in [0.2, 0.25) is 0 Å². The Balaban J connectivity index is 2.38. The van der Waals surface area contributed by atoms with E-state index in [1.54, 1.807) is 0 Å². The minimum absolute atomic E-state index is 0.0982. The Morgan fingerprint density at radius 2 is 2.20 bits per heavy atom. The summed E-state index contributed by atoms with van der Waals surface area (Å²) in [5, 5.41) is 2.25. The third-order valence-electron chi connectivity index (χ3n) is 3.27. The molecule has 0 spiro atoms. The third-order valence-corrected chi connectivity index (χ3v) is 4.57. The van der Waals surface area contributed by atoms with Crippen LogP contribution in [-0.4, -0.2) is 21.7 Å². The van der Waals surface area contributed by atoms with Gasteiger partial charge in [-0.15, -0.1) is 0 Å². The average Bonchev–Trinajstić information content (AvgIpc) is 2.53. The molecule has 0 aromatic heterocycles. The van der Waals surface area contributed by atoms with Crippen LogP contribution in [0.4, 0.5) is 0 Å². The zero-order chi connectivity index (χ0) is 11.2. The fourth-order valence-electron chi connectivity index (χ4n) is 2.66. The first-order chi connectivity index (χ1) is 6.97. The van der Waals surface area contributed by atoms with Crippen molar-refractivity contribution in [1.29, 1.82) is 0 Å². The number of rotatable bonds is 1. The summed E-state index contributed by atoms with van der Waals surface area (Å²) in [6, 6.07) is 0. The summed E-state index contributed by atoms with van der Waals surface area (Å²) >= 11 is 1.02. The maximum atomic E-state index is 11.8. The molecule has 0 bridgehead atoms. The van der Waals surface area contributed by atoms with Gasteiger partial charge in [0.2, 0.25) is 11.8 Å². The number of carbonyl (C=O) groups excluding carboxylic acids is 3. The summed E-state index contributed by atoms with van der Waals surface area (Å²) in [7, 11) is 0. The zero-order valence-electron chi connectivity index (χ0n) is 8.70. The van der Waals surface area contributed by atoms with Crippen LogP contribution >= 0.6 is 11.8 Å². The highest BCUT2D eigenvalue weighted by atomic mass is 32.2. The number of fused-ring (bicyclic) bond motifs is 1. The van der Waals surface area contributed by atoms with E-state index in [1.807, 2.05) is 6.92 Å². The predicted octanol–water partition coefficient (Wildman–Crippen LogP) is 0.707. The second-order valence-corrected chi connectivity index (χ2v) is 5.80. The summed E-state index contributed by atoms with van der Waals surface area (Å²) in [5.74, 6) is -0.622. The summed E-state index contributed by atoms with van der Waals surface area (Å²) in [5.41, 5.74) is 0. The van der Waals surface area contributed by atoms with Gasteiger partial charge in [-0.3, -0.25) is 19.7 Å². The van der Waals surface area contributed by atoms with Gasteiger partial charge in [-0.05, 0) is 18.8 Å². The average molecular weight is 227 g/mol. The van der Waals surface area contributed by atoms with Crippen LogP contribution in [0.15, 0.2) is 0 Å². The standard InChI is InChI=1S/C10H13NO3S/c1-5-3-4-10(15-6(2)12)7(5)8(13)11-9(10)14/h5,7H,3-4H2,1-2H3,(H,11,13,14)/t5?,7-,10+/m0/s1. The molecular formula is C10H13NO3S. The monoisotopic (exact) mass is 227 g/mol. The fourth-order valence-corrected chi connectivity index (χ4v) is 4.00. The number of hydrogen-bond donors (Lipinski definition) is 1. The van der Waals surface area contributed by atoms with Crippen LogP contribution in [0.1, 0.15) is 26.7 Å². The van der Waals surface area contributed by atoms with E-state index in [2.05, 4.69) is 5.32 Å². The Morgan fingerprint density at radius 1 is 1.53 bits per heavy atom. The van der Waals surface area contributed by atoms with E-state index in [-0.39, 0.29) is 28.8 Å². The molecule has 82 valence electrons. The normalized spacial score (nSPS) is 39.1. The second-order valence-electron chi connectivity index (χ2n) is 4.30. The Kier molecular flexibility index (Phi) is 2.37. The van der Waals surface area contributed by atoms with Gasteiger partial charge in [0.05, 0.1) is 5.92 Å². The van der Waals surface area contributed by atoms with Crippen molar-refractivity contribution in [3.05, 3.63) is 0 Å². The lowest BCUT2D eigenvalue weighted by Crippen LogP contribution is -2.37. The minimum Gasteiger partial charge on any atom is -0.295 e. The van der Waals surface area contributed by atoms with Gasteiger partial charge in [-0.1, -0.05) is 18.7 Å². The molecule has 1 heterocycles. The molecule has 0 aromatic rings. The molecule has 1 unspecified atom stereocenters. The Labute approximate surface area is 92.2 Å². The number of thioether (sulfide) groups is 1. The van der Waals surface area contributed by atoms with E-state index >= 15 is 0 Å². The first-order valence-electron chi connectivity index (χ1n) is 5.02. The Morgan fingerprint density at radius 3 is 2.80 bits per heavy atom. The minimum atomic E-state index is -0.803. The van der Waals surface area contributed by atoms with Crippen molar-refractivity contribution in [1.82, 2.24) is 5.32 Å². The van der Waals surface area contributed by atoms with Gasteiger partial charge in [0.1, 0.15) is 4.75 Å². The van der Waals surface area contributed by atoms with Gasteiger partial charge >= 0.3 is 0 Å². The summed E-state index contributed by atoms with van der Waals surface area (Å²) in [4.78, 5) is 34.5. The predicted molar refractivity (Wildman–Crippen MR) is 56.0 cm³/mol. The SMILES string of the molecule is CC(=O)S[C@]12CCC(C)[C@H]1C(=O)NC2=O. The van der Waals surface area contributed by atoms with Crippen LogP contribution in [0, 0.1) is 11.8 Å². The van der Waals surface area contributed by atoms with Gasteiger partial charge in [-0.25, -0.2) is 0 Å². The van der Waals surface area contributed by atoms with Crippen LogP contribution in [0.25, 0.3) is 0 Å². The summed E-state index contributed by atoms with van der Waals surface area (Å²) in [6.45, 7) is 3.40. The van der Waals surface area contributed by atoms with Crippen molar-refractivity contribution in [3.63, 3.8) is 0 Å². The molecule has 1 aliphatic carbocycles. The van der Waals surface area contributed by atoms with E-state index in [1.165, 1.54) is 6.92 Å². The van der Waals surface area contributed by atoms with Crippen LogP contribution in [0.3, 0.4) is 0 Å². The molecule has 5 heteroatoms. The largest absolute Gasteiger partial charge is 0.295 e. The van der Waals surface area contributed by atoms with Crippen LogP contribution in [0.5, 0.6) is 0 Å². The maximum Gasteiger partial charge on any atom is 0.244 e. The Hall–Kier alpha value is -0.840. The van der Waals surface area contributed by atoms with Crippen molar-refractivity contribution in [2.75, 3.05) is 0 Å². The molecule has 1 aliphatic heterocycles. The molecular weight excluding hydrogens is 214 g/mol. The number of nitrogens with one attached hydrogen (secondary N) is 1. The molecule has 2 fully saturated rings. The van der Waals surface area contributed by atoms with Gasteiger partial charge in [0.15, 0.2) is 5.12 Å². The van der Waals surface area contributed by atoms with Gasteiger partial charge in [0.25, 0.3) is 0 Å². The molecule has 2 amide bonds. The van der Waals surface area contributed by atoms with Crippen molar-refractivity contribution in [3.8, 4) is 0 Å². The topological polar surface area (TPSA) is 63.2 Å². The van der Waals surface area contributed by atoms with Crippen LogP contribution in [-0.2, 0) is 14.4 Å². The lowest BCUT2D eigenvalue weighted by molar-refractivity contribution is -0.126. The van der Waals surface area contributed by atoms with Crippen LogP contribution < -0.4 is 5.32 Å². The van der Waals surface area contributed by atoms with E-state index in [0.29, 0.717) is 6.42 Å². The van der Waals surface area contributed by atoms with Gasteiger partial charge < -0.3 is 0 Å². The molecule has 1 N–H and O–H groups in total. The number of amides is 2. The molecule has 3 atom stereocenters. The molecule has 2 rings (SSSR count). The lowest BCUT2D eigenvalue weighted by Gasteiger charge is -2.23. The second kappa shape index (κ2) is 3.33. The molecule has 1 saturated heterocycles. The molecule has 15 heavy (non-hydrogen) atoms. The maximum absolute atomic E-state index is 11.8. The summed E-state index contributed by atoms with van der Waals surface area (Å²) in [6.07, 6.45) is 1.46. The van der Waals surface area contributed by atoms with E-state index in [0.717, 1.165) is 18.2 Å². The highest BCUT2D eigenvalue weighted by Gasteiger charge is 2.61. The lowest BCUT2D eigenvalue weighted by atomic mass is 9.92. The quantitative estimate of drug-likeness (QED) is 0.670. The van der Waals surface area contributed by atoms with E-state index in [9.17, 15) is 14.4 Å². The van der Waals surface area contributed by atoms with Crippen molar-refractivity contribution in [2.45, 2.75) is 31.4 Å². The summed E-state index contributed by atoms with van der Waals surface area (Å²) < 4.78 is -0.803. The first-order valence-corrected chi connectivity index (χ1v) is 5.84. The van der Waals surface area contributed by atoms with Crippen molar-refractivity contribution in [2.24, 2.45) is 11.8 Å². The first kappa shape index (κ1) is 10.7. The molecule has 0 aromatic carbocycles. The smallest absolute Gasteiger partial charge is 0.244 e. The highest BCUT2D eigenvalue weighted by molar-refractivity contribution is 8.15. The Bertz CT molecular complexity index is 355.